The van der Waals surface area contributed by atoms with Crippen molar-refractivity contribution in [3.8, 4) is 28.5 Å². The quantitative estimate of drug-likeness (QED) is 0.490. The van der Waals surface area contributed by atoms with Crippen LogP contribution in [0, 0.1) is 12.1 Å². The van der Waals surface area contributed by atoms with Gasteiger partial charge in [-0.3, -0.25) is 9.62 Å². The second-order valence-electron chi connectivity index (χ2n) is 5.62. The minimum atomic E-state index is 0.322. The summed E-state index contributed by atoms with van der Waals surface area (Å²) >= 11 is 0. The fourth-order valence-corrected chi connectivity index (χ4v) is 2.53. The molecule has 0 saturated carbocycles. The van der Waals surface area contributed by atoms with Crippen LogP contribution < -0.4 is 19.1 Å². The number of aromatic nitrogens is 2. The highest BCUT2D eigenvalue weighted by atomic mass is 16.8. The zero-order chi connectivity index (χ0) is 19.4. The van der Waals surface area contributed by atoms with E-state index in [0.717, 1.165) is 11.3 Å². The molecule has 0 amide bonds. The number of hydrogen-bond acceptors (Lipinski definition) is 7. The van der Waals surface area contributed by atoms with Crippen LogP contribution in [0.15, 0.2) is 46.0 Å². The van der Waals surface area contributed by atoms with E-state index in [1.54, 1.807) is 39.5 Å². The van der Waals surface area contributed by atoms with E-state index >= 15 is 0 Å². The smallest absolute Gasteiger partial charge is 0.253 e. The van der Waals surface area contributed by atoms with Gasteiger partial charge in [-0.25, -0.2) is 0 Å². The lowest BCUT2D eigenvalue weighted by molar-refractivity contribution is -0.806. The van der Waals surface area contributed by atoms with Crippen molar-refractivity contribution in [1.29, 1.82) is 0 Å². The van der Waals surface area contributed by atoms with Crippen LogP contribution in [0.3, 0.4) is 0 Å². The molecule has 0 atom stereocenters. The summed E-state index contributed by atoms with van der Waals surface area (Å²) in [7, 11) is 4.69. The highest BCUT2D eigenvalue weighted by molar-refractivity contribution is 5.86. The first-order valence-corrected chi connectivity index (χ1v) is 8.08. The average Bonchev–Trinajstić information content (AvgIpc) is 3.04. The first kappa shape index (κ1) is 18.2. The summed E-state index contributed by atoms with van der Waals surface area (Å²) < 4.78 is 20.6. The Morgan fingerprint density at radius 1 is 1.04 bits per heavy atom. The number of aliphatic imine (C=N–C) groups is 1. The first-order chi connectivity index (χ1) is 13.1. The molecule has 3 aromatic rings. The van der Waals surface area contributed by atoms with Crippen molar-refractivity contribution in [3.63, 3.8) is 0 Å². The molecule has 0 aliphatic carbocycles. The van der Waals surface area contributed by atoms with E-state index < -0.39 is 0 Å². The molecular formula is C19H19N3O5. The van der Waals surface area contributed by atoms with Crippen molar-refractivity contribution in [1.82, 2.24) is 5.16 Å². The number of hydrogen-bond donors (Lipinski definition) is 0. The molecule has 0 spiro atoms. The Bertz CT molecular complexity index is 964. The van der Waals surface area contributed by atoms with Crippen LogP contribution in [-0.4, -0.2) is 32.7 Å². The van der Waals surface area contributed by atoms with Gasteiger partial charge in [-0.2, -0.15) is 0 Å². The fraction of sp³-hybridized carbons (Fsp3) is 0.211. The number of methoxy groups -OCH3 is 3. The lowest BCUT2D eigenvalue weighted by atomic mass is 10.1. The van der Waals surface area contributed by atoms with Crippen molar-refractivity contribution < 1.29 is 23.7 Å². The van der Waals surface area contributed by atoms with Crippen molar-refractivity contribution in [2.24, 2.45) is 4.99 Å². The molecule has 0 unspecified atom stereocenters. The minimum absolute atomic E-state index is 0.322. The second-order valence-corrected chi connectivity index (χ2v) is 5.62. The van der Waals surface area contributed by atoms with E-state index in [4.69, 9.17) is 18.8 Å². The van der Waals surface area contributed by atoms with Gasteiger partial charge in [0.25, 0.3) is 5.69 Å². The summed E-state index contributed by atoms with van der Waals surface area (Å²) in [4.78, 5) is 4.90. The van der Waals surface area contributed by atoms with Crippen molar-refractivity contribution >= 4 is 11.9 Å². The van der Waals surface area contributed by atoms with Gasteiger partial charge in [-0.15, -0.1) is 0 Å². The van der Waals surface area contributed by atoms with Crippen LogP contribution in [0.1, 0.15) is 11.3 Å². The van der Waals surface area contributed by atoms with Crippen molar-refractivity contribution in [3.05, 3.63) is 52.9 Å². The molecule has 8 nitrogen and oxygen atoms in total. The Labute approximate surface area is 156 Å². The lowest BCUT2D eigenvalue weighted by Gasteiger charge is -2.10. The molecule has 0 radical (unpaired) electrons. The number of ether oxygens (including phenoxy) is 3. The van der Waals surface area contributed by atoms with Crippen LogP contribution >= 0.6 is 0 Å². The highest BCUT2D eigenvalue weighted by Crippen LogP contribution is 2.40. The molecule has 0 aliphatic heterocycles. The van der Waals surface area contributed by atoms with Crippen LogP contribution in [0.4, 0.5) is 5.69 Å². The molecule has 0 aliphatic rings. The van der Waals surface area contributed by atoms with Crippen LogP contribution in [0.2, 0.25) is 0 Å². The van der Waals surface area contributed by atoms with Gasteiger partial charge in [0.05, 0.1) is 32.6 Å². The molecule has 140 valence electrons. The maximum absolute atomic E-state index is 11.6. The van der Waals surface area contributed by atoms with Gasteiger partial charge in [-0.1, -0.05) is 0 Å². The summed E-state index contributed by atoms with van der Waals surface area (Å²) in [5, 5.41) is 15.5. The normalized spacial score (nSPS) is 11.0. The Morgan fingerprint density at radius 2 is 1.70 bits per heavy atom. The zero-order valence-electron chi connectivity index (χ0n) is 15.4. The average molecular weight is 369 g/mol. The van der Waals surface area contributed by atoms with Gasteiger partial charge >= 0.3 is 0 Å². The van der Waals surface area contributed by atoms with Crippen LogP contribution in [-0.2, 0) is 0 Å². The molecular weight excluding hydrogens is 350 g/mol. The third-order valence-corrected chi connectivity index (χ3v) is 4.05. The highest BCUT2D eigenvalue weighted by Gasteiger charge is 2.22. The Kier molecular flexibility index (Phi) is 5.25. The number of benzene rings is 2. The molecule has 0 bridgehead atoms. The summed E-state index contributed by atoms with van der Waals surface area (Å²) in [6.45, 7) is 1.62. The molecule has 2 aromatic carbocycles. The third kappa shape index (κ3) is 3.69. The topological polar surface area (TPSA) is 93.0 Å². The molecule has 8 heteroatoms. The molecule has 1 aromatic heterocycles. The van der Waals surface area contributed by atoms with Crippen molar-refractivity contribution in [2.75, 3.05) is 21.3 Å². The van der Waals surface area contributed by atoms with Gasteiger partial charge < -0.3 is 19.4 Å². The third-order valence-electron chi connectivity index (χ3n) is 4.05. The van der Waals surface area contributed by atoms with E-state index in [0.29, 0.717) is 39.0 Å². The SMILES string of the molecule is COc1ccc(C=Nc2cc(OC)c(OC)cc2-c2no[n+]([O-])c2C)cc1. The Balaban J connectivity index is 2.08. The molecule has 1 heterocycles. The molecule has 27 heavy (non-hydrogen) atoms. The van der Waals surface area contributed by atoms with Gasteiger partial charge in [0, 0.05) is 24.4 Å². The second kappa shape index (κ2) is 7.77. The van der Waals surface area contributed by atoms with Crippen LogP contribution in [0.25, 0.3) is 11.3 Å². The van der Waals surface area contributed by atoms with E-state index in [1.807, 2.05) is 24.3 Å². The Morgan fingerprint density at radius 3 is 2.26 bits per heavy atom. The monoisotopic (exact) mass is 369 g/mol. The lowest BCUT2D eigenvalue weighted by Crippen LogP contribution is -2.25. The van der Waals surface area contributed by atoms with E-state index in [2.05, 4.69) is 10.1 Å². The zero-order valence-corrected chi connectivity index (χ0v) is 15.4. The fourth-order valence-electron chi connectivity index (χ4n) is 2.53. The number of nitrogens with zero attached hydrogens (tertiary/aromatic N) is 3. The van der Waals surface area contributed by atoms with Crippen molar-refractivity contribution in [2.45, 2.75) is 6.92 Å². The predicted octanol–water partition coefficient (Wildman–Crippen LogP) is 3.06. The Hall–Kier alpha value is -3.55. The summed E-state index contributed by atoms with van der Waals surface area (Å²) in [6.07, 6.45) is 1.70. The molecule has 0 N–H and O–H groups in total. The summed E-state index contributed by atoms with van der Waals surface area (Å²) in [6, 6.07) is 10.9. The van der Waals surface area contributed by atoms with E-state index in [9.17, 15) is 5.21 Å². The van der Waals surface area contributed by atoms with Crippen LogP contribution in [0.5, 0.6) is 17.2 Å². The maximum atomic E-state index is 11.6. The molecule has 3 rings (SSSR count). The maximum Gasteiger partial charge on any atom is 0.253 e. The first-order valence-electron chi connectivity index (χ1n) is 8.08. The largest absolute Gasteiger partial charge is 0.497 e. The minimum Gasteiger partial charge on any atom is -0.497 e. The summed E-state index contributed by atoms with van der Waals surface area (Å²) in [5.74, 6) is 1.77. The standard InChI is InChI=1S/C19H19N3O5/c1-12-19(21-27-22(12)23)15-9-17(25-3)18(26-4)10-16(15)20-11-13-5-7-14(24-2)8-6-13/h5-11H,1-4H3. The summed E-state index contributed by atoms with van der Waals surface area (Å²) in [5.41, 5.74) is 2.73. The van der Waals surface area contributed by atoms with Gasteiger partial charge in [0.1, 0.15) is 5.75 Å². The number of rotatable bonds is 6. The van der Waals surface area contributed by atoms with Gasteiger partial charge in [-0.05, 0) is 40.8 Å². The van der Waals surface area contributed by atoms with E-state index in [-0.39, 0.29) is 0 Å². The van der Waals surface area contributed by atoms with Gasteiger partial charge in [0.2, 0.25) is 5.69 Å². The molecule has 0 fully saturated rings. The predicted molar refractivity (Wildman–Crippen MR) is 99.0 cm³/mol. The van der Waals surface area contributed by atoms with E-state index in [1.165, 1.54) is 7.11 Å². The molecule has 0 saturated heterocycles. The van der Waals surface area contributed by atoms with Gasteiger partial charge in [0.15, 0.2) is 11.5 Å².